The Morgan fingerprint density at radius 3 is 1.34 bits per heavy atom. The second kappa shape index (κ2) is 28.0. The number of pyridine rings is 2. The monoisotopic (exact) mass is 1260 g/mol. The van der Waals surface area contributed by atoms with Crippen LogP contribution in [0.5, 0.6) is 0 Å². The normalized spacial score (nSPS) is 10.9. The van der Waals surface area contributed by atoms with Gasteiger partial charge in [0.15, 0.2) is 11.6 Å². The second-order valence-corrected chi connectivity index (χ2v) is 20.8. The van der Waals surface area contributed by atoms with Crippen LogP contribution in [-0.2, 0) is 34.4 Å². The number of hydrogen-bond donors (Lipinski definition) is 4. The van der Waals surface area contributed by atoms with E-state index < -0.39 is 49.5 Å². The van der Waals surface area contributed by atoms with E-state index >= 15 is 0 Å². The maximum atomic E-state index is 13.4. The molecule has 0 saturated carbocycles. The van der Waals surface area contributed by atoms with Gasteiger partial charge in [-0.05, 0) is 132 Å². The number of benzene rings is 2. The molecule has 5 N–H and O–H groups in total. The number of aliphatic hydroxyl groups excluding tert-OH is 1. The number of nitrogens with zero attached hydrogens (tertiary/aromatic N) is 4. The average Bonchev–Trinajstić information content (AvgIpc) is 3.86. The van der Waals surface area contributed by atoms with Crippen molar-refractivity contribution in [2.75, 3.05) is 62.5 Å². The van der Waals surface area contributed by atoms with Gasteiger partial charge in [-0.25, -0.2) is 25.6 Å². The zero-order chi connectivity index (χ0) is 51.4. The van der Waals surface area contributed by atoms with Gasteiger partial charge in [-0.15, -0.1) is 0 Å². The van der Waals surface area contributed by atoms with Gasteiger partial charge in [0.2, 0.25) is 31.5 Å². The molecule has 0 aliphatic rings. The Kier molecular flexibility index (Phi) is 24.7. The molecule has 0 aliphatic heterocycles. The van der Waals surface area contributed by atoms with Gasteiger partial charge in [-0.1, -0.05) is 0 Å². The van der Waals surface area contributed by atoms with Crippen molar-refractivity contribution in [1.29, 1.82) is 0 Å². The first-order valence-electron chi connectivity index (χ1n) is 20.5. The first kappa shape index (κ1) is 62.6. The number of anilines is 2. The van der Waals surface area contributed by atoms with Crippen molar-refractivity contribution < 1.29 is 104 Å². The molecular formula is C44H49F2I2N6NaO14S2. The molecule has 0 unspecified atom stereocenters. The number of sulfonamides is 2. The molecule has 0 fully saturated rings. The largest absolute Gasteiger partial charge is 1.00 e. The Hall–Kier alpha value is -4.56. The van der Waals surface area contributed by atoms with Crippen LogP contribution < -0.4 is 48.8 Å². The molecule has 0 radical (unpaired) electrons. The molecular weight excluding hydrogens is 1220 g/mol. The van der Waals surface area contributed by atoms with Crippen molar-refractivity contribution in [3.05, 3.63) is 90.6 Å². The Balaban J connectivity index is 0.000000458. The molecule has 380 valence electrons. The van der Waals surface area contributed by atoms with Gasteiger partial charge in [0.25, 0.3) is 11.8 Å². The summed E-state index contributed by atoms with van der Waals surface area (Å²) in [5.74, 6) is -2.44. The molecule has 0 atom stereocenters. The van der Waals surface area contributed by atoms with E-state index in [2.05, 4.69) is 25.3 Å². The molecule has 0 spiro atoms. The third kappa shape index (κ3) is 16.2. The molecule has 0 aliphatic carbocycles. The van der Waals surface area contributed by atoms with E-state index in [1.54, 1.807) is 12.1 Å². The maximum Gasteiger partial charge on any atom is 1.00 e. The number of aliphatic carboxylic acids is 1. The van der Waals surface area contributed by atoms with E-state index in [0.717, 1.165) is 28.2 Å². The third-order valence-electron chi connectivity index (χ3n) is 9.85. The zero-order valence-corrected chi connectivity index (χ0v) is 47.3. The number of halogens is 4. The van der Waals surface area contributed by atoms with Crippen LogP contribution in [0.4, 0.5) is 20.4 Å². The molecule has 71 heavy (non-hydrogen) atoms. The molecule has 2 amide bonds. The molecule has 4 heterocycles. The predicted octanol–water partition coefficient (Wildman–Crippen LogP) is 3.76. The SMILES string of the molecule is CNC(=O)c1c(-c2ccc(F)cc2)oc2nc(N(CCCCC(=O)O)S(C)(=O)=O)c(I)cc12.CNC(=O)c1c(-c2ccc(F)cc2)oc2nc(N(CCCCC(=O)OC)S(C)(=O)=O)c(I)cc12.CO.[Na+].[OH-]. The van der Waals surface area contributed by atoms with Crippen LogP contribution in [0.3, 0.4) is 0 Å². The van der Waals surface area contributed by atoms with Gasteiger partial charge >= 0.3 is 41.5 Å². The van der Waals surface area contributed by atoms with Crippen LogP contribution in [0.25, 0.3) is 44.8 Å². The van der Waals surface area contributed by atoms with Gasteiger partial charge in [0.1, 0.15) is 23.2 Å². The summed E-state index contributed by atoms with van der Waals surface area (Å²) in [6.07, 6.45) is 3.66. The minimum atomic E-state index is -3.74. The van der Waals surface area contributed by atoms with E-state index in [1.165, 1.54) is 69.7 Å². The van der Waals surface area contributed by atoms with Crippen LogP contribution in [0, 0.1) is 18.8 Å². The maximum absolute atomic E-state index is 13.4. The molecule has 0 bridgehead atoms. The Bertz CT molecular complexity index is 3050. The van der Waals surface area contributed by atoms with Crippen molar-refractivity contribution in [2.24, 2.45) is 0 Å². The number of carbonyl (C=O) groups excluding carboxylic acids is 3. The van der Waals surface area contributed by atoms with Gasteiger partial charge < -0.3 is 39.9 Å². The number of methoxy groups -OCH3 is 1. The topological polar surface area (TPSA) is 299 Å². The van der Waals surface area contributed by atoms with Crippen LogP contribution >= 0.6 is 45.2 Å². The van der Waals surface area contributed by atoms with E-state index in [4.69, 9.17) is 19.0 Å². The first-order valence-corrected chi connectivity index (χ1v) is 26.4. The van der Waals surface area contributed by atoms with Gasteiger partial charge in [0, 0.05) is 58.3 Å². The van der Waals surface area contributed by atoms with Crippen LogP contribution in [0.1, 0.15) is 59.2 Å². The number of ether oxygens (including phenoxy) is 1. The molecule has 27 heteroatoms. The van der Waals surface area contributed by atoms with Gasteiger partial charge in [0.05, 0.1) is 48.7 Å². The van der Waals surface area contributed by atoms with Crippen LogP contribution in [0.2, 0.25) is 0 Å². The van der Waals surface area contributed by atoms with Crippen molar-refractivity contribution >= 4 is 123 Å². The van der Waals surface area contributed by atoms with Gasteiger partial charge in [-0.3, -0.25) is 27.8 Å². The number of furan rings is 2. The number of carboxylic acids is 1. The number of esters is 1. The first-order chi connectivity index (χ1) is 32.6. The zero-order valence-electron chi connectivity index (χ0n) is 39.4. The summed E-state index contributed by atoms with van der Waals surface area (Å²) in [5.41, 5.74) is 1.45. The number of hydrogen-bond acceptors (Lipinski definition) is 15. The average molecular weight is 1260 g/mol. The fourth-order valence-corrected chi connectivity index (χ4v) is 10.3. The van der Waals surface area contributed by atoms with E-state index in [-0.39, 0.29) is 113 Å². The summed E-state index contributed by atoms with van der Waals surface area (Å²) in [6.45, 7) is 0.132. The number of unbranched alkanes of at least 4 members (excludes halogenated alkanes) is 2. The smallest absolute Gasteiger partial charge is 0.870 e. The van der Waals surface area contributed by atoms with Crippen LogP contribution in [-0.4, -0.2) is 120 Å². The number of carboxylic acid groups (broad SMARTS) is 1. The third-order valence-corrected chi connectivity index (χ3v) is 13.8. The summed E-state index contributed by atoms with van der Waals surface area (Å²) in [7, 11) is -2.21. The minimum Gasteiger partial charge on any atom is -0.870 e. The van der Waals surface area contributed by atoms with Crippen molar-refractivity contribution in [3.8, 4) is 22.6 Å². The molecule has 4 aromatic heterocycles. The van der Waals surface area contributed by atoms with E-state index in [1.807, 2.05) is 45.2 Å². The summed E-state index contributed by atoms with van der Waals surface area (Å²) >= 11 is 3.89. The van der Waals surface area contributed by atoms with E-state index in [0.29, 0.717) is 54.7 Å². The van der Waals surface area contributed by atoms with Crippen LogP contribution in [0.15, 0.2) is 69.5 Å². The minimum absolute atomic E-state index is 0. The number of nitrogens with one attached hydrogen (secondary N) is 2. The second-order valence-electron chi connectivity index (χ2n) is 14.6. The molecule has 20 nitrogen and oxygen atoms in total. The van der Waals surface area contributed by atoms with Crippen molar-refractivity contribution in [2.45, 2.75) is 38.5 Å². The number of fused-ring (bicyclic) bond motifs is 2. The number of aromatic nitrogens is 2. The van der Waals surface area contributed by atoms with Gasteiger partial charge in [-0.2, -0.15) is 9.97 Å². The Morgan fingerprint density at radius 2 is 1.03 bits per heavy atom. The standard InChI is InChI=1S/C22H23FIN3O6S.C21H21FIN3O6S.CH4O.Na.H2O/c1-25-21(29)18-15-12-16(24)20(27(34(3,30)31)11-5-4-6-17(28)32-2)26-22(15)33-19(18)13-7-9-14(23)10-8-13;1-24-20(29)17-14-11-15(23)19(26(33(2,30)31)10-4-3-5-16(27)28)25-21(14)32-18(17)12-6-8-13(22)9-7-12;1-2;;/h7-10,12H,4-6,11H2,1-3H3,(H,25,29);6-9,11H,3-5,10H2,1-2H3,(H,24,29)(H,27,28);2H,1H3;;1H2/q;;;+1;/p-1. The molecule has 6 aromatic rings. The Labute approximate surface area is 457 Å². The Morgan fingerprint density at radius 1 is 0.676 bits per heavy atom. The number of rotatable bonds is 18. The predicted molar refractivity (Wildman–Crippen MR) is 273 cm³/mol. The summed E-state index contributed by atoms with van der Waals surface area (Å²) < 4.78 is 96.4. The summed E-state index contributed by atoms with van der Waals surface area (Å²) in [4.78, 5) is 56.2. The molecule has 0 saturated heterocycles. The quantitative estimate of drug-likeness (QED) is 0.0412. The summed E-state index contributed by atoms with van der Waals surface area (Å²) in [5, 5.41) is 21.7. The fourth-order valence-electron chi connectivity index (χ4n) is 6.66. The number of carbonyl (C=O) groups is 4. The molecule has 6 rings (SSSR count). The van der Waals surface area contributed by atoms with Crippen molar-refractivity contribution in [1.82, 2.24) is 20.6 Å². The van der Waals surface area contributed by atoms with E-state index in [9.17, 15) is 44.8 Å². The fraction of sp³-hybridized carbons (Fsp3) is 0.318. The molecule has 2 aromatic carbocycles. The van der Waals surface area contributed by atoms with Crippen molar-refractivity contribution in [3.63, 3.8) is 0 Å². The number of amides is 2. The summed E-state index contributed by atoms with van der Waals surface area (Å²) in [6, 6.07) is 14.1. The number of aliphatic hydroxyl groups is 1.